The van der Waals surface area contributed by atoms with E-state index in [-0.39, 0.29) is 6.67 Å². The fourth-order valence-electron chi connectivity index (χ4n) is 0.337. The van der Waals surface area contributed by atoms with Gasteiger partial charge in [-0.15, -0.1) is 4.91 Å². The van der Waals surface area contributed by atoms with Gasteiger partial charge >= 0.3 is 0 Å². The molecule has 0 heterocycles. The van der Waals surface area contributed by atoms with Crippen LogP contribution in [0.1, 0.15) is 20.3 Å². The van der Waals surface area contributed by atoms with Gasteiger partial charge in [0.2, 0.25) is 0 Å². The largest absolute Gasteiger partial charge is 0.293 e. The van der Waals surface area contributed by atoms with Gasteiger partial charge in [0.05, 0.1) is 0 Å². The van der Waals surface area contributed by atoms with Crippen molar-refractivity contribution in [1.29, 1.82) is 0 Å². The fourth-order valence-corrected chi connectivity index (χ4v) is 0.337. The highest BCUT2D eigenvalue weighted by molar-refractivity contribution is 4.54. The molecule has 0 rings (SSSR count). The first-order chi connectivity index (χ1) is 3.81. The highest BCUT2D eigenvalue weighted by atomic mass is 16.3. The second kappa shape index (κ2) is 4.71. The molecule has 48 valence electrons. The van der Waals surface area contributed by atoms with E-state index in [0.29, 0.717) is 6.04 Å². The molecular formula is C5H12N2O. The van der Waals surface area contributed by atoms with Crippen LogP contribution in [0.3, 0.4) is 0 Å². The topological polar surface area (TPSA) is 41.5 Å². The van der Waals surface area contributed by atoms with Crippen LogP contribution < -0.4 is 5.32 Å². The minimum absolute atomic E-state index is 0.231. The first-order valence-electron chi connectivity index (χ1n) is 2.83. The van der Waals surface area contributed by atoms with Crippen LogP contribution in [0.2, 0.25) is 0 Å². The summed E-state index contributed by atoms with van der Waals surface area (Å²) in [7, 11) is 0. The van der Waals surface area contributed by atoms with E-state index in [1.165, 1.54) is 0 Å². The molecule has 0 radical (unpaired) electrons. The number of hydrogen-bond donors (Lipinski definition) is 1. The van der Waals surface area contributed by atoms with Crippen molar-refractivity contribution in [1.82, 2.24) is 5.32 Å². The smallest absolute Gasteiger partial charge is 0.131 e. The maximum atomic E-state index is 9.51. The minimum Gasteiger partial charge on any atom is -0.293 e. The van der Waals surface area contributed by atoms with Gasteiger partial charge in [0.15, 0.2) is 0 Å². The Labute approximate surface area is 49.4 Å². The number of rotatable bonds is 4. The molecule has 0 saturated carbocycles. The predicted octanol–water partition coefficient (Wildman–Crippen LogP) is 1.10. The number of nitroso groups, excluding NO2 is 1. The van der Waals surface area contributed by atoms with Gasteiger partial charge in [0.1, 0.15) is 6.67 Å². The molecule has 0 spiro atoms. The summed E-state index contributed by atoms with van der Waals surface area (Å²) < 4.78 is 0. The third kappa shape index (κ3) is 3.74. The van der Waals surface area contributed by atoms with Crippen LogP contribution >= 0.6 is 0 Å². The van der Waals surface area contributed by atoms with Crippen LogP contribution in [-0.2, 0) is 0 Å². The predicted molar refractivity (Wildman–Crippen MR) is 33.6 cm³/mol. The summed E-state index contributed by atoms with van der Waals surface area (Å²) in [6.45, 7) is 4.31. The zero-order valence-corrected chi connectivity index (χ0v) is 5.35. The van der Waals surface area contributed by atoms with E-state index in [9.17, 15) is 4.91 Å². The molecule has 0 aliphatic heterocycles. The molecule has 8 heavy (non-hydrogen) atoms. The highest BCUT2D eigenvalue weighted by Gasteiger charge is 1.92. The molecule has 1 unspecified atom stereocenters. The highest BCUT2D eigenvalue weighted by Crippen LogP contribution is 1.85. The molecule has 3 nitrogen and oxygen atoms in total. The van der Waals surface area contributed by atoms with Gasteiger partial charge in [-0.1, -0.05) is 12.1 Å². The zero-order valence-electron chi connectivity index (χ0n) is 5.35. The SMILES string of the molecule is CCC(C)NCN=O. The lowest BCUT2D eigenvalue weighted by Crippen LogP contribution is -2.24. The third-order valence-electron chi connectivity index (χ3n) is 1.12. The minimum atomic E-state index is 0.231. The zero-order chi connectivity index (χ0) is 6.41. The van der Waals surface area contributed by atoms with Crippen molar-refractivity contribution in [2.75, 3.05) is 6.67 Å². The summed E-state index contributed by atoms with van der Waals surface area (Å²) in [6, 6.07) is 0.410. The second-order valence-electron chi connectivity index (χ2n) is 1.80. The maximum absolute atomic E-state index is 9.51. The molecule has 0 amide bonds. The summed E-state index contributed by atoms with van der Waals surface area (Å²) in [5, 5.41) is 5.57. The molecule has 0 aromatic carbocycles. The van der Waals surface area contributed by atoms with E-state index in [2.05, 4.69) is 17.4 Å². The van der Waals surface area contributed by atoms with Crippen molar-refractivity contribution < 1.29 is 0 Å². The molecular weight excluding hydrogens is 104 g/mol. The monoisotopic (exact) mass is 116 g/mol. The summed E-state index contributed by atoms with van der Waals surface area (Å²) in [6.07, 6.45) is 1.04. The van der Waals surface area contributed by atoms with E-state index in [1.807, 2.05) is 6.92 Å². The Morgan fingerprint density at radius 1 is 1.75 bits per heavy atom. The lowest BCUT2D eigenvalue weighted by Gasteiger charge is -2.05. The lowest BCUT2D eigenvalue weighted by molar-refractivity contribution is 0.545. The average Bonchev–Trinajstić information content (AvgIpc) is 1.83. The Balaban J connectivity index is 2.97. The van der Waals surface area contributed by atoms with Gasteiger partial charge in [-0.05, 0) is 13.3 Å². The van der Waals surface area contributed by atoms with Crippen LogP contribution in [0.25, 0.3) is 0 Å². The van der Waals surface area contributed by atoms with Crippen molar-refractivity contribution in [3.8, 4) is 0 Å². The van der Waals surface area contributed by atoms with Gasteiger partial charge in [-0.3, -0.25) is 5.32 Å². The van der Waals surface area contributed by atoms with E-state index in [1.54, 1.807) is 0 Å². The van der Waals surface area contributed by atoms with Gasteiger partial charge in [-0.2, -0.15) is 0 Å². The molecule has 0 aliphatic rings. The van der Waals surface area contributed by atoms with Crippen LogP contribution in [-0.4, -0.2) is 12.7 Å². The van der Waals surface area contributed by atoms with E-state index in [0.717, 1.165) is 6.42 Å². The molecule has 1 N–H and O–H groups in total. The number of hydrogen-bond acceptors (Lipinski definition) is 3. The summed E-state index contributed by atoms with van der Waals surface area (Å²) >= 11 is 0. The van der Waals surface area contributed by atoms with Crippen molar-refractivity contribution in [3.05, 3.63) is 4.91 Å². The molecule has 0 saturated heterocycles. The van der Waals surface area contributed by atoms with Gasteiger partial charge in [0.25, 0.3) is 0 Å². The quantitative estimate of drug-likeness (QED) is 0.559. The Morgan fingerprint density at radius 2 is 2.38 bits per heavy atom. The number of nitrogens with one attached hydrogen (secondary N) is 1. The van der Waals surface area contributed by atoms with Crippen LogP contribution in [0, 0.1) is 4.91 Å². The van der Waals surface area contributed by atoms with Crippen molar-refractivity contribution >= 4 is 0 Å². The fraction of sp³-hybridized carbons (Fsp3) is 1.00. The van der Waals surface area contributed by atoms with Crippen LogP contribution in [0.4, 0.5) is 0 Å². The number of nitrogens with zero attached hydrogens (tertiary/aromatic N) is 1. The Bertz CT molecular complexity index is 65.4. The first kappa shape index (κ1) is 7.56. The third-order valence-corrected chi connectivity index (χ3v) is 1.12. The van der Waals surface area contributed by atoms with Crippen molar-refractivity contribution in [2.45, 2.75) is 26.3 Å². The van der Waals surface area contributed by atoms with E-state index < -0.39 is 0 Å². The summed E-state index contributed by atoms with van der Waals surface area (Å²) in [5.41, 5.74) is 0. The normalized spacial score (nSPS) is 13.2. The molecule has 3 heteroatoms. The maximum Gasteiger partial charge on any atom is 0.131 e. The standard InChI is InChI=1S/C5H12N2O/c1-3-5(2)6-4-7-8/h5-6H,3-4H2,1-2H3. The first-order valence-corrected chi connectivity index (χ1v) is 2.83. The van der Waals surface area contributed by atoms with E-state index >= 15 is 0 Å². The average molecular weight is 116 g/mol. The van der Waals surface area contributed by atoms with Gasteiger partial charge in [0, 0.05) is 6.04 Å². The summed E-state index contributed by atoms with van der Waals surface area (Å²) in [5.74, 6) is 0. The van der Waals surface area contributed by atoms with Crippen LogP contribution in [0.15, 0.2) is 5.18 Å². The van der Waals surface area contributed by atoms with Crippen LogP contribution in [0.5, 0.6) is 0 Å². The molecule has 1 atom stereocenters. The lowest BCUT2D eigenvalue weighted by atomic mass is 10.3. The molecule has 0 aromatic heterocycles. The molecule has 0 fully saturated rings. The molecule has 0 bridgehead atoms. The molecule has 0 aliphatic carbocycles. The van der Waals surface area contributed by atoms with Gasteiger partial charge < -0.3 is 0 Å². The Hall–Kier alpha value is -0.440. The van der Waals surface area contributed by atoms with Crippen molar-refractivity contribution in [2.24, 2.45) is 5.18 Å². The summed E-state index contributed by atoms with van der Waals surface area (Å²) in [4.78, 5) is 9.51. The van der Waals surface area contributed by atoms with Crippen molar-refractivity contribution in [3.63, 3.8) is 0 Å². The van der Waals surface area contributed by atoms with E-state index in [4.69, 9.17) is 0 Å². The Kier molecular flexibility index (Phi) is 4.45. The van der Waals surface area contributed by atoms with Gasteiger partial charge in [-0.25, -0.2) is 0 Å². The Morgan fingerprint density at radius 3 is 2.75 bits per heavy atom. The second-order valence-corrected chi connectivity index (χ2v) is 1.80. The molecule has 0 aromatic rings.